The number of ketones is 1. The highest BCUT2D eigenvalue weighted by atomic mass is 16.6. The van der Waals surface area contributed by atoms with E-state index in [-0.39, 0.29) is 17.1 Å². The first-order chi connectivity index (χ1) is 11.7. The van der Waals surface area contributed by atoms with Crippen molar-refractivity contribution in [3.8, 4) is 5.75 Å². The van der Waals surface area contributed by atoms with Crippen LogP contribution in [0.4, 0.5) is 0 Å². The van der Waals surface area contributed by atoms with E-state index in [1.807, 2.05) is 6.07 Å². The number of methoxy groups -OCH3 is 2. The SMILES string of the molecule is COC1=C(C(=O)c2ccccc2)C(c2ccc(OC)cc2)OC1=O. The molecule has 0 amide bonds. The van der Waals surface area contributed by atoms with Crippen LogP contribution in [0.5, 0.6) is 5.75 Å². The largest absolute Gasteiger partial charge is 0.497 e. The van der Waals surface area contributed by atoms with Gasteiger partial charge in [0, 0.05) is 5.56 Å². The highest BCUT2D eigenvalue weighted by molar-refractivity contribution is 6.14. The second-order valence-electron chi connectivity index (χ2n) is 5.20. The molecule has 0 saturated heterocycles. The number of cyclic esters (lactones) is 1. The molecule has 3 rings (SSSR count). The molecule has 24 heavy (non-hydrogen) atoms. The number of Topliss-reactive ketones (excluding diaryl/α,β-unsaturated/α-hetero) is 1. The lowest BCUT2D eigenvalue weighted by Crippen LogP contribution is -2.11. The molecule has 0 radical (unpaired) electrons. The molecule has 1 aliphatic rings. The monoisotopic (exact) mass is 324 g/mol. The summed E-state index contributed by atoms with van der Waals surface area (Å²) in [7, 11) is 2.92. The summed E-state index contributed by atoms with van der Waals surface area (Å²) < 4.78 is 15.6. The van der Waals surface area contributed by atoms with E-state index in [1.165, 1.54) is 7.11 Å². The Kier molecular flexibility index (Phi) is 4.33. The van der Waals surface area contributed by atoms with Crippen LogP contribution >= 0.6 is 0 Å². The van der Waals surface area contributed by atoms with Crippen LogP contribution in [0, 0.1) is 0 Å². The van der Waals surface area contributed by atoms with Gasteiger partial charge in [-0.15, -0.1) is 0 Å². The number of hydrogen-bond donors (Lipinski definition) is 0. The Morgan fingerprint density at radius 3 is 2.21 bits per heavy atom. The lowest BCUT2D eigenvalue weighted by Gasteiger charge is -2.14. The molecular formula is C19H16O5. The summed E-state index contributed by atoms with van der Waals surface area (Å²) in [5, 5.41) is 0. The number of hydrogen-bond acceptors (Lipinski definition) is 5. The Labute approximate surface area is 139 Å². The van der Waals surface area contributed by atoms with Crippen LogP contribution in [0.1, 0.15) is 22.0 Å². The lowest BCUT2D eigenvalue weighted by molar-refractivity contribution is -0.142. The van der Waals surface area contributed by atoms with Crippen molar-refractivity contribution in [3.05, 3.63) is 77.1 Å². The fourth-order valence-corrected chi connectivity index (χ4v) is 2.62. The average molecular weight is 324 g/mol. The van der Waals surface area contributed by atoms with E-state index in [9.17, 15) is 9.59 Å². The molecule has 0 saturated carbocycles. The fourth-order valence-electron chi connectivity index (χ4n) is 2.62. The number of rotatable bonds is 5. The summed E-state index contributed by atoms with van der Waals surface area (Å²) in [6.45, 7) is 0. The van der Waals surface area contributed by atoms with Gasteiger partial charge in [-0.05, 0) is 17.7 Å². The van der Waals surface area contributed by atoms with Gasteiger partial charge in [-0.25, -0.2) is 4.79 Å². The molecule has 1 unspecified atom stereocenters. The number of carbonyl (C=O) groups excluding carboxylic acids is 2. The molecule has 5 heteroatoms. The van der Waals surface area contributed by atoms with Crippen molar-refractivity contribution in [2.24, 2.45) is 0 Å². The van der Waals surface area contributed by atoms with Crippen LogP contribution in [-0.2, 0) is 14.3 Å². The summed E-state index contributed by atoms with van der Waals surface area (Å²) in [6.07, 6.45) is -0.800. The normalized spacial score (nSPS) is 16.8. The van der Waals surface area contributed by atoms with Crippen LogP contribution < -0.4 is 4.74 Å². The average Bonchev–Trinajstić information content (AvgIpc) is 2.98. The van der Waals surface area contributed by atoms with Crippen LogP contribution in [0.3, 0.4) is 0 Å². The first-order valence-electron chi connectivity index (χ1n) is 7.38. The Balaban J connectivity index is 2.04. The van der Waals surface area contributed by atoms with E-state index >= 15 is 0 Å². The zero-order chi connectivity index (χ0) is 17.1. The van der Waals surface area contributed by atoms with Gasteiger partial charge < -0.3 is 14.2 Å². The number of benzene rings is 2. The molecule has 2 aromatic rings. The van der Waals surface area contributed by atoms with Crippen molar-refractivity contribution in [1.82, 2.24) is 0 Å². The van der Waals surface area contributed by atoms with Crippen molar-refractivity contribution in [1.29, 1.82) is 0 Å². The molecule has 1 atom stereocenters. The molecule has 0 fully saturated rings. The van der Waals surface area contributed by atoms with Gasteiger partial charge in [-0.1, -0.05) is 42.5 Å². The summed E-state index contributed by atoms with van der Waals surface area (Å²) in [5.74, 6) is -0.309. The Morgan fingerprint density at radius 2 is 1.62 bits per heavy atom. The van der Waals surface area contributed by atoms with Crippen molar-refractivity contribution >= 4 is 11.8 Å². The molecule has 122 valence electrons. The highest BCUT2D eigenvalue weighted by Crippen LogP contribution is 2.37. The van der Waals surface area contributed by atoms with Gasteiger partial charge >= 0.3 is 5.97 Å². The van der Waals surface area contributed by atoms with Crippen molar-refractivity contribution in [3.63, 3.8) is 0 Å². The zero-order valence-electron chi connectivity index (χ0n) is 13.3. The molecule has 0 aliphatic carbocycles. The van der Waals surface area contributed by atoms with Gasteiger partial charge in [0.25, 0.3) is 0 Å². The highest BCUT2D eigenvalue weighted by Gasteiger charge is 2.40. The van der Waals surface area contributed by atoms with E-state index < -0.39 is 12.1 Å². The second-order valence-corrected chi connectivity index (χ2v) is 5.20. The third kappa shape index (κ3) is 2.76. The van der Waals surface area contributed by atoms with Gasteiger partial charge in [-0.2, -0.15) is 0 Å². The minimum absolute atomic E-state index is 0.0512. The lowest BCUT2D eigenvalue weighted by atomic mass is 9.94. The fraction of sp³-hybridized carbons (Fsp3) is 0.158. The molecule has 2 aromatic carbocycles. The third-order valence-electron chi connectivity index (χ3n) is 3.82. The summed E-state index contributed by atoms with van der Waals surface area (Å²) in [4.78, 5) is 25.0. The predicted octanol–water partition coefficient (Wildman–Crippen LogP) is 3.08. The van der Waals surface area contributed by atoms with Crippen LogP contribution in [-0.4, -0.2) is 26.0 Å². The molecule has 0 bridgehead atoms. The Morgan fingerprint density at radius 1 is 0.958 bits per heavy atom. The maximum absolute atomic E-state index is 12.9. The minimum atomic E-state index is -0.800. The maximum Gasteiger partial charge on any atom is 0.375 e. The van der Waals surface area contributed by atoms with E-state index in [1.54, 1.807) is 55.6 Å². The maximum atomic E-state index is 12.9. The Bertz CT molecular complexity index is 790. The van der Waals surface area contributed by atoms with Crippen LogP contribution in [0.15, 0.2) is 65.9 Å². The van der Waals surface area contributed by atoms with Crippen LogP contribution in [0.2, 0.25) is 0 Å². The molecule has 0 spiro atoms. The summed E-state index contributed by atoms with van der Waals surface area (Å²) in [6, 6.07) is 15.7. The number of ether oxygens (including phenoxy) is 3. The Hall–Kier alpha value is -3.08. The molecule has 0 N–H and O–H groups in total. The van der Waals surface area contributed by atoms with Crippen LogP contribution in [0.25, 0.3) is 0 Å². The first kappa shape index (κ1) is 15.8. The van der Waals surface area contributed by atoms with Gasteiger partial charge in [0.15, 0.2) is 11.9 Å². The second kappa shape index (κ2) is 6.58. The van der Waals surface area contributed by atoms with E-state index in [2.05, 4.69) is 0 Å². The van der Waals surface area contributed by atoms with Gasteiger partial charge in [0.05, 0.1) is 19.8 Å². The standard InChI is InChI=1S/C19H16O5/c1-22-14-10-8-13(9-11-14)17-15(18(23-2)19(21)24-17)16(20)12-6-4-3-5-7-12/h3-11,17H,1-2H3. The minimum Gasteiger partial charge on any atom is -0.497 e. The predicted molar refractivity (Wildman–Crippen MR) is 86.6 cm³/mol. The topological polar surface area (TPSA) is 61.8 Å². The van der Waals surface area contributed by atoms with Crippen molar-refractivity contribution < 1.29 is 23.8 Å². The number of esters is 1. The zero-order valence-corrected chi connectivity index (χ0v) is 13.3. The molecule has 5 nitrogen and oxygen atoms in total. The molecule has 0 aromatic heterocycles. The number of carbonyl (C=O) groups is 2. The van der Waals surface area contributed by atoms with Gasteiger partial charge in [0.2, 0.25) is 5.76 Å². The van der Waals surface area contributed by atoms with E-state index in [0.29, 0.717) is 16.9 Å². The quantitative estimate of drug-likeness (QED) is 0.625. The van der Waals surface area contributed by atoms with E-state index in [4.69, 9.17) is 14.2 Å². The van der Waals surface area contributed by atoms with Crippen molar-refractivity contribution in [2.75, 3.05) is 14.2 Å². The van der Waals surface area contributed by atoms with Gasteiger partial charge in [-0.3, -0.25) is 4.79 Å². The summed E-state index contributed by atoms with van der Waals surface area (Å²) >= 11 is 0. The molecular weight excluding hydrogens is 308 g/mol. The molecule has 1 aliphatic heterocycles. The van der Waals surface area contributed by atoms with Crippen molar-refractivity contribution in [2.45, 2.75) is 6.10 Å². The third-order valence-corrected chi connectivity index (χ3v) is 3.82. The smallest absolute Gasteiger partial charge is 0.375 e. The summed E-state index contributed by atoms with van der Waals surface area (Å²) in [5.41, 5.74) is 1.35. The molecule has 1 heterocycles. The van der Waals surface area contributed by atoms with E-state index in [0.717, 1.165) is 0 Å². The first-order valence-corrected chi connectivity index (χ1v) is 7.38. The van der Waals surface area contributed by atoms with Gasteiger partial charge in [0.1, 0.15) is 5.75 Å².